The van der Waals surface area contributed by atoms with Crippen LogP contribution in [0.3, 0.4) is 0 Å². The Bertz CT molecular complexity index is 1500. The molecule has 6 rings (SSSR count). The van der Waals surface area contributed by atoms with Gasteiger partial charge in [-0.2, -0.15) is 5.10 Å². The normalized spacial score (nSPS) is 15.6. The molecule has 5 aromatic rings. The van der Waals surface area contributed by atoms with E-state index in [9.17, 15) is 0 Å². The summed E-state index contributed by atoms with van der Waals surface area (Å²) in [5, 5.41) is 11.3. The van der Waals surface area contributed by atoms with E-state index in [1.54, 1.807) is 11.3 Å². The number of thiophene rings is 1. The van der Waals surface area contributed by atoms with Gasteiger partial charge in [0.05, 0.1) is 23.0 Å². The molecule has 166 valence electrons. The van der Waals surface area contributed by atoms with Gasteiger partial charge >= 0.3 is 0 Å². The third-order valence-electron chi connectivity index (χ3n) is 6.28. The predicted octanol–water partition coefficient (Wildman–Crippen LogP) is 8.28. The van der Waals surface area contributed by atoms with E-state index in [1.165, 1.54) is 4.88 Å². The first-order valence-electron chi connectivity index (χ1n) is 11.3. The second-order valence-corrected chi connectivity index (χ2v) is 9.85. The summed E-state index contributed by atoms with van der Waals surface area (Å²) in [6.07, 6.45) is 0.809. The maximum atomic E-state index is 6.46. The molecule has 0 saturated heterocycles. The molecule has 1 aliphatic rings. The summed E-state index contributed by atoms with van der Waals surface area (Å²) in [6.45, 7) is 2.09. The lowest BCUT2D eigenvalue weighted by molar-refractivity contribution is 0.722. The summed E-state index contributed by atoms with van der Waals surface area (Å²) < 4.78 is 0. The van der Waals surface area contributed by atoms with E-state index in [-0.39, 0.29) is 6.04 Å². The second-order valence-electron chi connectivity index (χ2n) is 8.44. The molecular formula is C29H22ClN3S. The van der Waals surface area contributed by atoms with E-state index < -0.39 is 0 Å². The molecule has 1 atom stereocenters. The van der Waals surface area contributed by atoms with Crippen molar-refractivity contribution in [2.45, 2.75) is 19.4 Å². The highest BCUT2D eigenvalue weighted by atomic mass is 35.5. The summed E-state index contributed by atoms with van der Waals surface area (Å²) >= 11 is 8.24. The van der Waals surface area contributed by atoms with Crippen LogP contribution in [0.5, 0.6) is 0 Å². The van der Waals surface area contributed by atoms with Gasteiger partial charge < -0.3 is 0 Å². The van der Waals surface area contributed by atoms with Gasteiger partial charge in [-0.15, -0.1) is 11.3 Å². The third-order valence-corrected chi connectivity index (χ3v) is 7.49. The zero-order valence-electron chi connectivity index (χ0n) is 18.6. The Hall–Kier alpha value is -3.47. The number of hydrazone groups is 1. The van der Waals surface area contributed by atoms with E-state index in [0.717, 1.165) is 51.1 Å². The van der Waals surface area contributed by atoms with Crippen molar-refractivity contribution in [1.82, 2.24) is 4.98 Å². The van der Waals surface area contributed by atoms with Crippen molar-refractivity contribution >= 4 is 45.2 Å². The molecule has 0 bridgehead atoms. The molecule has 0 spiro atoms. The van der Waals surface area contributed by atoms with Crippen LogP contribution in [0.1, 0.15) is 28.6 Å². The molecule has 3 heterocycles. The Morgan fingerprint density at radius 1 is 0.882 bits per heavy atom. The van der Waals surface area contributed by atoms with E-state index in [4.69, 9.17) is 21.7 Å². The average molecular weight is 480 g/mol. The van der Waals surface area contributed by atoms with Crippen molar-refractivity contribution in [3.63, 3.8) is 0 Å². The van der Waals surface area contributed by atoms with Gasteiger partial charge in [-0.1, -0.05) is 66.2 Å². The van der Waals surface area contributed by atoms with E-state index in [2.05, 4.69) is 78.0 Å². The zero-order chi connectivity index (χ0) is 23.1. The minimum absolute atomic E-state index is 0.149. The number of para-hydroxylation sites is 1. The number of pyridine rings is 1. The first kappa shape index (κ1) is 21.1. The first-order chi connectivity index (χ1) is 16.7. The molecule has 1 aliphatic heterocycles. The Morgan fingerprint density at radius 2 is 1.65 bits per heavy atom. The number of benzene rings is 3. The molecule has 0 unspecified atom stereocenters. The van der Waals surface area contributed by atoms with Crippen molar-refractivity contribution in [2.24, 2.45) is 5.10 Å². The van der Waals surface area contributed by atoms with Gasteiger partial charge in [-0.05, 0) is 54.3 Å². The number of aromatic nitrogens is 1. The molecule has 3 nitrogen and oxygen atoms in total. The monoisotopic (exact) mass is 479 g/mol. The van der Waals surface area contributed by atoms with Crippen molar-refractivity contribution in [3.05, 3.63) is 118 Å². The SMILES string of the molecule is Cc1nc2ccc(Cl)cc2c(-c2ccccc2)c1C1=NN(c2ccccc2)[C@H](c2cccs2)C1. The van der Waals surface area contributed by atoms with Gasteiger partial charge in [-0.3, -0.25) is 9.99 Å². The fourth-order valence-corrected chi connectivity index (χ4v) is 5.78. The average Bonchev–Trinajstić information content (AvgIpc) is 3.55. The van der Waals surface area contributed by atoms with Gasteiger partial charge in [0.25, 0.3) is 0 Å². The highest BCUT2D eigenvalue weighted by Gasteiger charge is 2.33. The van der Waals surface area contributed by atoms with Crippen molar-refractivity contribution in [2.75, 3.05) is 5.01 Å². The minimum atomic E-state index is 0.149. The second kappa shape index (κ2) is 8.71. The van der Waals surface area contributed by atoms with Crippen molar-refractivity contribution in [1.29, 1.82) is 0 Å². The van der Waals surface area contributed by atoms with E-state index >= 15 is 0 Å². The molecule has 34 heavy (non-hydrogen) atoms. The van der Waals surface area contributed by atoms with Crippen LogP contribution < -0.4 is 5.01 Å². The maximum Gasteiger partial charge on any atom is 0.0923 e. The van der Waals surface area contributed by atoms with Crippen LogP contribution in [0.25, 0.3) is 22.0 Å². The van der Waals surface area contributed by atoms with Crippen LogP contribution in [0.2, 0.25) is 5.02 Å². The van der Waals surface area contributed by atoms with Gasteiger partial charge in [0.15, 0.2) is 0 Å². The highest BCUT2D eigenvalue weighted by molar-refractivity contribution is 7.10. The van der Waals surface area contributed by atoms with Crippen LogP contribution in [0, 0.1) is 6.92 Å². The highest BCUT2D eigenvalue weighted by Crippen LogP contribution is 2.42. The number of anilines is 1. The van der Waals surface area contributed by atoms with Gasteiger partial charge in [0, 0.05) is 38.5 Å². The van der Waals surface area contributed by atoms with Crippen LogP contribution >= 0.6 is 22.9 Å². The molecule has 5 heteroatoms. The Morgan fingerprint density at radius 3 is 2.38 bits per heavy atom. The summed E-state index contributed by atoms with van der Waals surface area (Å²) in [7, 11) is 0. The smallest absolute Gasteiger partial charge is 0.0923 e. The number of hydrogen-bond donors (Lipinski definition) is 0. The molecular weight excluding hydrogens is 458 g/mol. The summed E-state index contributed by atoms with van der Waals surface area (Å²) in [4.78, 5) is 6.28. The van der Waals surface area contributed by atoms with Gasteiger partial charge in [-0.25, -0.2) is 0 Å². The minimum Gasteiger partial charge on any atom is -0.257 e. The Balaban J connectivity index is 1.60. The molecule has 2 aromatic heterocycles. The molecule has 0 amide bonds. The quantitative estimate of drug-likeness (QED) is 0.259. The standard InChI is InChI=1S/C29H22ClN3S/c1-19-28(29(20-9-4-2-5-10-20)23-17-21(30)14-15-24(23)31-19)25-18-26(27-13-8-16-34-27)33(32-25)22-11-6-3-7-12-22/h2-17,26H,18H2,1H3/t26-/m0/s1. The first-order valence-corrected chi connectivity index (χ1v) is 12.6. The zero-order valence-corrected chi connectivity index (χ0v) is 20.2. The molecule has 3 aromatic carbocycles. The number of hydrogen-bond acceptors (Lipinski definition) is 4. The third kappa shape index (κ3) is 3.69. The molecule has 0 saturated carbocycles. The maximum absolute atomic E-state index is 6.46. The molecule has 0 radical (unpaired) electrons. The number of nitrogens with zero attached hydrogens (tertiary/aromatic N) is 3. The fourth-order valence-electron chi connectivity index (χ4n) is 4.80. The fraction of sp³-hybridized carbons (Fsp3) is 0.103. The van der Waals surface area contributed by atoms with Gasteiger partial charge in [0.2, 0.25) is 0 Å². The van der Waals surface area contributed by atoms with E-state index in [1.807, 2.05) is 30.3 Å². The van der Waals surface area contributed by atoms with Crippen LogP contribution in [-0.2, 0) is 0 Å². The number of rotatable bonds is 4. The lowest BCUT2D eigenvalue weighted by Crippen LogP contribution is -2.17. The van der Waals surface area contributed by atoms with Gasteiger partial charge in [0.1, 0.15) is 0 Å². The van der Waals surface area contributed by atoms with Crippen molar-refractivity contribution < 1.29 is 0 Å². The molecule has 0 fully saturated rings. The summed E-state index contributed by atoms with van der Waals surface area (Å²) in [5.41, 5.74) is 7.44. The number of aryl methyl sites for hydroxylation is 1. The van der Waals surface area contributed by atoms with Crippen LogP contribution in [-0.4, -0.2) is 10.7 Å². The van der Waals surface area contributed by atoms with Crippen LogP contribution in [0.4, 0.5) is 5.69 Å². The number of halogens is 1. The predicted molar refractivity (Wildman–Crippen MR) is 144 cm³/mol. The molecule has 0 aliphatic carbocycles. The lowest BCUT2D eigenvalue weighted by atomic mass is 9.90. The summed E-state index contributed by atoms with van der Waals surface area (Å²) in [6, 6.07) is 31.3. The summed E-state index contributed by atoms with van der Waals surface area (Å²) in [5.74, 6) is 0. The lowest BCUT2D eigenvalue weighted by Gasteiger charge is -2.22. The number of fused-ring (bicyclic) bond motifs is 1. The largest absolute Gasteiger partial charge is 0.257 e. The molecule has 0 N–H and O–H groups in total. The Kier molecular flexibility index (Phi) is 5.40. The van der Waals surface area contributed by atoms with E-state index in [0.29, 0.717) is 5.02 Å². The van der Waals surface area contributed by atoms with Crippen molar-refractivity contribution in [3.8, 4) is 11.1 Å². The topological polar surface area (TPSA) is 28.5 Å². The Labute approximate surface area is 208 Å². The van der Waals surface area contributed by atoms with Crippen LogP contribution in [0.15, 0.2) is 101 Å².